The third-order valence-corrected chi connectivity index (χ3v) is 4.60. The molecule has 0 bridgehead atoms. The van der Waals surface area contributed by atoms with Crippen LogP contribution in [0.15, 0.2) is 59.0 Å². The predicted octanol–water partition coefficient (Wildman–Crippen LogP) is 4.50. The maximum absolute atomic E-state index is 12.3. The first-order chi connectivity index (χ1) is 13.9. The van der Waals surface area contributed by atoms with Crippen molar-refractivity contribution in [3.05, 3.63) is 88.4 Å². The zero-order chi connectivity index (χ0) is 21.0. The number of carbonyl (C=O) groups is 3. The Hall–Kier alpha value is -3.67. The van der Waals surface area contributed by atoms with E-state index in [1.807, 2.05) is 6.07 Å². The Morgan fingerprint density at radius 1 is 0.862 bits per heavy atom. The summed E-state index contributed by atoms with van der Waals surface area (Å²) in [5, 5.41) is 2.76. The van der Waals surface area contributed by atoms with Crippen LogP contribution in [0.5, 0.6) is 0 Å². The van der Waals surface area contributed by atoms with E-state index in [9.17, 15) is 14.4 Å². The molecule has 1 N–H and O–H groups in total. The second-order valence-electron chi connectivity index (χ2n) is 6.61. The van der Waals surface area contributed by atoms with Crippen molar-refractivity contribution in [2.45, 2.75) is 20.8 Å². The van der Waals surface area contributed by atoms with E-state index in [4.69, 9.17) is 9.15 Å². The molecule has 3 rings (SSSR count). The van der Waals surface area contributed by atoms with Crippen LogP contribution in [-0.2, 0) is 4.74 Å². The molecule has 0 saturated carbocycles. The van der Waals surface area contributed by atoms with Gasteiger partial charge in [-0.1, -0.05) is 18.2 Å². The monoisotopic (exact) mass is 391 g/mol. The van der Waals surface area contributed by atoms with E-state index < -0.39 is 5.97 Å². The molecule has 6 nitrogen and oxygen atoms in total. The van der Waals surface area contributed by atoms with Gasteiger partial charge in [0.2, 0.25) is 0 Å². The van der Waals surface area contributed by atoms with E-state index in [1.54, 1.807) is 69.3 Å². The van der Waals surface area contributed by atoms with Gasteiger partial charge in [-0.2, -0.15) is 0 Å². The van der Waals surface area contributed by atoms with Crippen molar-refractivity contribution in [3.63, 3.8) is 0 Å². The highest BCUT2D eigenvalue weighted by atomic mass is 16.5. The van der Waals surface area contributed by atoms with Crippen LogP contribution in [0.1, 0.15) is 48.2 Å². The normalized spacial score (nSPS) is 10.4. The van der Waals surface area contributed by atoms with Crippen molar-refractivity contribution in [2.75, 3.05) is 11.9 Å². The van der Waals surface area contributed by atoms with Crippen molar-refractivity contribution in [1.29, 1.82) is 0 Å². The molecule has 1 aromatic heterocycles. The molecule has 0 saturated heterocycles. The van der Waals surface area contributed by atoms with Crippen molar-refractivity contribution < 1.29 is 23.5 Å². The Bertz CT molecular complexity index is 1050. The summed E-state index contributed by atoms with van der Waals surface area (Å²) in [5.74, 6) is -0.0450. The van der Waals surface area contributed by atoms with Gasteiger partial charge in [-0.3, -0.25) is 9.59 Å². The Morgan fingerprint density at radius 3 is 2.10 bits per heavy atom. The fourth-order valence-electron chi connectivity index (χ4n) is 2.91. The molecule has 0 aliphatic rings. The number of hydrogen-bond donors (Lipinski definition) is 1. The Morgan fingerprint density at radius 2 is 1.52 bits per heavy atom. The van der Waals surface area contributed by atoms with Gasteiger partial charge in [0.05, 0.1) is 0 Å². The molecule has 2 aromatic carbocycles. The van der Waals surface area contributed by atoms with Crippen molar-refractivity contribution >= 4 is 23.3 Å². The summed E-state index contributed by atoms with van der Waals surface area (Å²) in [6.07, 6.45) is 0. The average molecular weight is 391 g/mol. The molecule has 1 heterocycles. The fourth-order valence-corrected chi connectivity index (χ4v) is 2.91. The first-order valence-corrected chi connectivity index (χ1v) is 9.10. The topological polar surface area (TPSA) is 85.6 Å². The number of nitrogens with one attached hydrogen (secondary N) is 1. The largest absolute Gasteiger partial charge is 0.465 e. The lowest BCUT2D eigenvalue weighted by atomic mass is 10.1. The highest BCUT2D eigenvalue weighted by molar-refractivity contribution is 6.05. The zero-order valence-corrected chi connectivity index (χ0v) is 16.4. The summed E-state index contributed by atoms with van der Waals surface area (Å²) in [4.78, 5) is 36.7. The molecule has 1 amide bonds. The van der Waals surface area contributed by atoms with Crippen LogP contribution >= 0.6 is 0 Å². The van der Waals surface area contributed by atoms with E-state index in [2.05, 4.69) is 5.32 Å². The number of ketones is 1. The number of ether oxygens (including phenoxy) is 1. The number of Topliss-reactive ketones (excluding diaryl/α,β-unsaturated/α-hetero) is 1. The highest BCUT2D eigenvalue weighted by Crippen LogP contribution is 2.21. The van der Waals surface area contributed by atoms with Gasteiger partial charge in [0.25, 0.3) is 5.91 Å². The third kappa shape index (κ3) is 4.60. The van der Waals surface area contributed by atoms with Crippen LogP contribution in [-0.4, -0.2) is 24.3 Å². The zero-order valence-electron chi connectivity index (χ0n) is 16.4. The molecule has 0 aliphatic carbocycles. The van der Waals surface area contributed by atoms with Gasteiger partial charge < -0.3 is 14.5 Å². The van der Waals surface area contributed by atoms with Crippen LogP contribution in [0, 0.1) is 20.8 Å². The summed E-state index contributed by atoms with van der Waals surface area (Å²) in [7, 11) is 0. The molecule has 0 fully saturated rings. The lowest BCUT2D eigenvalue weighted by Gasteiger charge is -2.07. The van der Waals surface area contributed by atoms with Crippen molar-refractivity contribution in [3.8, 4) is 0 Å². The molecule has 0 atom stereocenters. The second kappa shape index (κ2) is 8.56. The lowest BCUT2D eigenvalue weighted by Crippen LogP contribution is -2.15. The van der Waals surface area contributed by atoms with Gasteiger partial charge in [-0.15, -0.1) is 0 Å². The molecule has 0 unspecified atom stereocenters. The van der Waals surface area contributed by atoms with Gasteiger partial charge in [-0.05, 0) is 57.2 Å². The molecule has 3 aromatic rings. The standard InChI is InChI=1S/C23H21NO5/c1-14-15(2)29-16(3)21(14)23(27)28-13-20(25)17-9-11-19(12-10-17)24-22(26)18-7-5-4-6-8-18/h4-12H,13H2,1-3H3,(H,24,26). The van der Waals surface area contributed by atoms with Gasteiger partial charge in [0.1, 0.15) is 17.1 Å². The number of carbonyl (C=O) groups excluding carboxylic acids is 3. The number of benzene rings is 2. The average Bonchev–Trinajstić information content (AvgIpc) is 2.98. The van der Waals surface area contributed by atoms with Crippen molar-refractivity contribution in [2.24, 2.45) is 0 Å². The number of aryl methyl sites for hydroxylation is 2. The summed E-state index contributed by atoms with van der Waals surface area (Å²) < 4.78 is 10.6. The molecule has 148 valence electrons. The minimum atomic E-state index is -0.586. The molecular weight excluding hydrogens is 370 g/mol. The SMILES string of the molecule is Cc1oc(C)c(C(=O)OCC(=O)c2ccc(NC(=O)c3ccccc3)cc2)c1C. The van der Waals surface area contributed by atoms with Gasteiger partial charge in [0.15, 0.2) is 12.4 Å². The molecule has 0 spiro atoms. The summed E-state index contributed by atoms with van der Waals surface area (Å²) in [6, 6.07) is 15.2. The van der Waals surface area contributed by atoms with Crippen LogP contribution in [0.3, 0.4) is 0 Å². The quantitative estimate of drug-likeness (QED) is 0.494. The smallest absolute Gasteiger partial charge is 0.342 e. The number of anilines is 1. The maximum Gasteiger partial charge on any atom is 0.342 e. The van der Waals surface area contributed by atoms with E-state index in [0.717, 1.165) is 0 Å². The third-order valence-electron chi connectivity index (χ3n) is 4.60. The van der Waals surface area contributed by atoms with Crippen molar-refractivity contribution in [1.82, 2.24) is 0 Å². The Balaban J connectivity index is 1.59. The number of rotatable bonds is 6. The van der Waals surface area contributed by atoms with E-state index in [1.165, 1.54) is 0 Å². The molecular formula is C23H21NO5. The lowest BCUT2D eigenvalue weighted by molar-refractivity contribution is 0.0472. The highest BCUT2D eigenvalue weighted by Gasteiger charge is 2.21. The Labute approximate surface area is 168 Å². The van der Waals surface area contributed by atoms with Crippen LogP contribution < -0.4 is 5.32 Å². The second-order valence-corrected chi connectivity index (χ2v) is 6.61. The summed E-state index contributed by atoms with van der Waals surface area (Å²) in [6.45, 7) is 4.84. The van der Waals surface area contributed by atoms with E-state index in [0.29, 0.717) is 39.5 Å². The van der Waals surface area contributed by atoms with Gasteiger partial charge in [0, 0.05) is 22.4 Å². The number of hydrogen-bond acceptors (Lipinski definition) is 5. The Kier molecular flexibility index (Phi) is 5.93. The minimum absolute atomic E-state index is 0.236. The molecule has 29 heavy (non-hydrogen) atoms. The molecule has 0 radical (unpaired) electrons. The first kappa shape index (κ1) is 20.1. The van der Waals surface area contributed by atoms with E-state index >= 15 is 0 Å². The summed E-state index contributed by atoms with van der Waals surface area (Å²) in [5.41, 5.74) is 2.55. The van der Waals surface area contributed by atoms with Gasteiger partial charge >= 0.3 is 5.97 Å². The molecule has 0 aliphatic heterocycles. The number of esters is 1. The first-order valence-electron chi connectivity index (χ1n) is 9.10. The predicted molar refractivity (Wildman–Crippen MR) is 108 cm³/mol. The number of furan rings is 1. The van der Waals surface area contributed by atoms with E-state index in [-0.39, 0.29) is 18.3 Å². The number of amides is 1. The molecule has 6 heteroatoms. The maximum atomic E-state index is 12.3. The van der Waals surface area contributed by atoms with Crippen LogP contribution in [0.25, 0.3) is 0 Å². The van der Waals surface area contributed by atoms with Gasteiger partial charge in [-0.25, -0.2) is 4.79 Å². The fraction of sp³-hybridized carbons (Fsp3) is 0.174. The van der Waals surface area contributed by atoms with Crippen LogP contribution in [0.2, 0.25) is 0 Å². The van der Waals surface area contributed by atoms with Crippen LogP contribution in [0.4, 0.5) is 5.69 Å². The summed E-state index contributed by atoms with van der Waals surface area (Å²) >= 11 is 0. The minimum Gasteiger partial charge on any atom is -0.465 e.